The van der Waals surface area contributed by atoms with Crippen molar-refractivity contribution in [1.29, 1.82) is 0 Å². The molecule has 2 aromatic rings. The first kappa shape index (κ1) is 20.8. The lowest BCUT2D eigenvalue weighted by Gasteiger charge is -2.25. The Morgan fingerprint density at radius 1 is 1.07 bits per heavy atom. The van der Waals surface area contributed by atoms with Crippen LogP contribution in [-0.2, 0) is 9.53 Å². The van der Waals surface area contributed by atoms with Crippen molar-refractivity contribution >= 4 is 11.9 Å². The summed E-state index contributed by atoms with van der Waals surface area (Å²) in [6.07, 6.45) is 3.63. The molecule has 0 saturated carbocycles. The van der Waals surface area contributed by atoms with E-state index in [4.69, 9.17) is 4.74 Å². The van der Waals surface area contributed by atoms with Crippen LogP contribution < -0.4 is 10.6 Å². The summed E-state index contributed by atoms with van der Waals surface area (Å²) < 4.78 is 4.99. The predicted molar refractivity (Wildman–Crippen MR) is 114 cm³/mol. The number of hydrogen-bond acceptors (Lipinski definition) is 4. The topological polar surface area (TPSA) is 67.4 Å². The van der Waals surface area contributed by atoms with Crippen LogP contribution in [0.5, 0.6) is 0 Å². The number of carbonyl (C=O) groups excluding carboxylic acids is 2. The van der Waals surface area contributed by atoms with E-state index in [0.29, 0.717) is 12.0 Å². The highest BCUT2D eigenvalue weighted by atomic mass is 16.5. The fourth-order valence-corrected chi connectivity index (χ4v) is 3.59. The number of methoxy groups -OCH3 is 1. The number of esters is 1. The third kappa shape index (κ3) is 5.55. The van der Waals surface area contributed by atoms with Gasteiger partial charge in [0.1, 0.15) is 0 Å². The zero-order valence-electron chi connectivity index (χ0n) is 17.0. The number of benzene rings is 2. The van der Waals surface area contributed by atoms with Crippen LogP contribution in [0.3, 0.4) is 0 Å². The number of amides is 1. The Bertz CT molecular complexity index is 859. The molecule has 0 aromatic heterocycles. The summed E-state index contributed by atoms with van der Waals surface area (Å²) in [5.74, 6) is -0.890. The van der Waals surface area contributed by atoms with Gasteiger partial charge in [-0.25, -0.2) is 0 Å². The first-order valence-corrected chi connectivity index (χ1v) is 10.0. The molecule has 1 unspecified atom stereocenters. The summed E-state index contributed by atoms with van der Waals surface area (Å²) in [5, 5.41) is 6.25. The van der Waals surface area contributed by atoms with E-state index in [9.17, 15) is 9.59 Å². The van der Waals surface area contributed by atoms with Crippen LogP contribution >= 0.6 is 0 Å². The minimum Gasteiger partial charge on any atom is -0.469 e. The zero-order chi connectivity index (χ0) is 20.6. The average Bonchev–Trinajstić information content (AvgIpc) is 2.78. The summed E-state index contributed by atoms with van der Waals surface area (Å²) >= 11 is 0. The van der Waals surface area contributed by atoms with Gasteiger partial charge in [0.05, 0.1) is 13.0 Å². The standard InChI is InChI=1S/C24H28N2O3/c1-17(22(24(28)29-2)16-18-12-14-25-15-13-18)26-23(27)21-10-8-20(9-11-21)19-6-4-3-5-7-19/h3-12,17,22,25H,13-16H2,1-2H3,(H,26,27)/t17?,22-/m0/s1. The van der Waals surface area contributed by atoms with Crippen LogP contribution in [0, 0.1) is 5.92 Å². The second-order valence-electron chi connectivity index (χ2n) is 7.36. The summed E-state index contributed by atoms with van der Waals surface area (Å²) in [7, 11) is 1.39. The maximum absolute atomic E-state index is 12.7. The van der Waals surface area contributed by atoms with Crippen molar-refractivity contribution in [2.24, 2.45) is 5.92 Å². The molecular weight excluding hydrogens is 364 g/mol. The molecule has 2 N–H and O–H groups in total. The van der Waals surface area contributed by atoms with Gasteiger partial charge in [-0.1, -0.05) is 54.1 Å². The van der Waals surface area contributed by atoms with E-state index >= 15 is 0 Å². The van der Waals surface area contributed by atoms with E-state index in [1.165, 1.54) is 12.7 Å². The Morgan fingerprint density at radius 2 is 1.76 bits per heavy atom. The normalized spacial score (nSPS) is 15.7. The SMILES string of the molecule is COC(=O)[C@@H](CC1=CCNCC1)C(C)NC(=O)c1ccc(-c2ccccc2)cc1. The van der Waals surface area contributed by atoms with E-state index < -0.39 is 5.92 Å². The minimum atomic E-state index is -0.406. The molecule has 3 rings (SSSR count). The average molecular weight is 392 g/mol. The van der Waals surface area contributed by atoms with E-state index in [1.807, 2.05) is 61.5 Å². The van der Waals surface area contributed by atoms with Crippen LogP contribution in [0.4, 0.5) is 0 Å². The monoisotopic (exact) mass is 392 g/mol. The van der Waals surface area contributed by atoms with Gasteiger partial charge in [0.25, 0.3) is 5.91 Å². The van der Waals surface area contributed by atoms with E-state index in [1.54, 1.807) is 0 Å². The lowest BCUT2D eigenvalue weighted by Crippen LogP contribution is -2.42. The van der Waals surface area contributed by atoms with Gasteiger partial charge in [0.15, 0.2) is 0 Å². The molecule has 2 atom stereocenters. The number of hydrogen-bond donors (Lipinski definition) is 2. The molecule has 29 heavy (non-hydrogen) atoms. The maximum Gasteiger partial charge on any atom is 0.311 e. The van der Waals surface area contributed by atoms with Gasteiger partial charge in [0.2, 0.25) is 0 Å². The van der Waals surface area contributed by atoms with Gasteiger partial charge in [-0.2, -0.15) is 0 Å². The molecule has 0 saturated heterocycles. The lowest BCUT2D eigenvalue weighted by molar-refractivity contribution is -0.146. The fraction of sp³-hybridized carbons (Fsp3) is 0.333. The highest BCUT2D eigenvalue weighted by molar-refractivity contribution is 5.95. The largest absolute Gasteiger partial charge is 0.469 e. The molecular formula is C24H28N2O3. The van der Waals surface area contributed by atoms with Gasteiger partial charge in [-0.05, 0) is 49.6 Å². The van der Waals surface area contributed by atoms with Gasteiger partial charge < -0.3 is 15.4 Å². The molecule has 5 heteroatoms. The zero-order valence-corrected chi connectivity index (χ0v) is 17.0. The highest BCUT2D eigenvalue weighted by Gasteiger charge is 2.28. The molecule has 1 aliphatic rings. The van der Waals surface area contributed by atoms with E-state index in [2.05, 4.69) is 16.7 Å². The van der Waals surface area contributed by atoms with E-state index in [-0.39, 0.29) is 17.9 Å². The Kier molecular flexibility index (Phi) is 7.19. The van der Waals surface area contributed by atoms with Gasteiger partial charge in [-0.15, -0.1) is 0 Å². The van der Waals surface area contributed by atoms with Crippen molar-refractivity contribution in [1.82, 2.24) is 10.6 Å². The quantitative estimate of drug-likeness (QED) is 0.558. The summed E-state index contributed by atoms with van der Waals surface area (Å²) in [6, 6.07) is 17.2. The Labute approximate surface area is 172 Å². The van der Waals surface area contributed by atoms with Crippen molar-refractivity contribution in [2.75, 3.05) is 20.2 Å². The van der Waals surface area contributed by atoms with Gasteiger partial charge in [-0.3, -0.25) is 9.59 Å². The van der Waals surface area contributed by atoms with Crippen LogP contribution in [-0.4, -0.2) is 38.1 Å². The summed E-state index contributed by atoms with van der Waals surface area (Å²) in [6.45, 7) is 3.59. The number of nitrogens with one attached hydrogen (secondary N) is 2. The Balaban J connectivity index is 1.67. The van der Waals surface area contributed by atoms with Crippen molar-refractivity contribution in [3.8, 4) is 11.1 Å². The Hall–Kier alpha value is -2.92. The summed E-state index contributed by atoms with van der Waals surface area (Å²) in [4.78, 5) is 25.1. The summed E-state index contributed by atoms with van der Waals surface area (Å²) in [5.41, 5.74) is 3.96. The molecule has 0 bridgehead atoms. The third-order valence-corrected chi connectivity index (χ3v) is 5.36. The molecule has 0 fully saturated rings. The van der Waals surface area contributed by atoms with E-state index in [0.717, 1.165) is 30.6 Å². The van der Waals surface area contributed by atoms with Crippen LogP contribution in [0.2, 0.25) is 0 Å². The molecule has 0 aliphatic carbocycles. The van der Waals surface area contributed by atoms with Crippen molar-refractivity contribution < 1.29 is 14.3 Å². The van der Waals surface area contributed by atoms with Crippen LogP contribution in [0.25, 0.3) is 11.1 Å². The lowest BCUT2D eigenvalue weighted by atomic mass is 9.90. The van der Waals surface area contributed by atoms with Gasteiger partial charge >= 0.3 is 5.97 Å². The van der Waals surface area contributed by atoms with Crippen molar-refractivity contribution in [3.05, 3.63) is 71.8 Å². The molecule has 1 aliphatic heterocycles. The second kappa shape index (κ2) is 10.0. The predicted octanol–water partition coefficient (Wildman–Crippen LogP) is 3.57. The van der Waals surface area contributed by atoms with Crippen LogP contribution in [0.1, 0.15) is 30.1 Å². The first-order chi connectivity index (χ1) is 14.1. The van der Waals surface area contributed by atoms with Gasteiger partial charge in [0, 0.05) is 18.2 Å². The number of carbonyl (C=O) groups is 2. The number of rotatable bonds is 7. The fourth-order valence-electron chi connectivity index (χ4n) is 3.59. The highest BCUT2D eigenvalue weighted by Crippen LogP contribution is 2.22. The van der Waals surface area contributed by atoms with Crippen LogP contribution in [0.15, 0.2) is 66.2 Å². The van der Waals surface area contributed by atoms with Crippen molar-refractivity contribution in [2.45, 2.75) is 25.8 Å². The molecule has 0 spiro atoms. The molecule has 2 aromatic carbocycles. The third-order valence-electron chi connectivity index (χ3n) is 5.36. The molecule has 0 radical (unpaired) electrons. The molecule has 5 nitrogen and oxygen atoms in total. The molecule has 152 valence electrons. The second-order valence-corrected chi connectivity index (χ2v) is 7.36. The Morgan fingerprint density at radius 3 is 2.38 bits per heavy atom. The first-order valence-electron chi connectivity index (χ1n) is 10.0. The van der Waals surface area contributed by atoms with Crippen molar-refractivity contribution in [3.63, 3.8) is 0 Å². The maximum atomic E-state index is 12.7. The smallest absolute Gasteiger partial charge is 0.311 e. The minimum absolute atomic E-state index is 0.190. The number of ether oxygens (including phenoxy) is 1. The molecule has 1 heterocycles. The molecule has 1 amide bonds.